The van der Waals surface area contributed by atoms with Crippen LogP contribution in [0, 0.1) is 10.4 Å². The number of ether oxygens (including phenoxy) is 1. The zero-order chi connectivity index (χ0) is 14.5. The highest BCUT2D eigenvalue weighted by atomic mass is 16.5. The lowest BCUT2D eigenvalue weighted by Crippen LogP contribution is -2.41. The van der Waals surface area contributed by atoms with Gasteiger partial charge in [0.2, 0.25) is 0 Å². The normalized spacial score (nSPS) is 10.8. The molecule has 1 aromatic carbocycles. The zero-order valence-corrected chi connectivity index (χ0v) is 10.6. The van der Waals surface area contributed by atoms with Crippen LogP contribution in [-0.4, -0.2) is 18.9 Å². The van der Waals surface area contributed by atoms with E-state index in [1.54, 1.807) is 19.1 Å². The van der Waals surface area contributed by atoms with Gasteiger partial charge >= 0.3 is 11.8 Å². The van der Waals surface area contributed by atoms with E-state index in [0.717, 1.165) is 12.4 Å². The molecule has 0 saturated carbocycles. The SMILES string of the molecule is CCOC(=O)N/N=C/c1c[n+]([O-])c2ccccc2[n+]1[O-]. The number of hydrogen-bond donors (Lipinski definition) is 1. The quantitative estimate of drug-likeness (QED) is 0.374. The van der Waals surface area contributed by atoms with E-state index in [4.69, 9.17) is 0 Å². The fourth-order valence-electron chi connectivity index (χ4n) is 1.60. The van der Waals surface area contributed by atoms with Crippen LogP contribution >= 0.6 is 0 Å². The summed E-state index contributed by atoms with van der Waals surface area (Å²) in [4.78, 5) is 11.0. The highest BCUT2D eigenvalue weighted by molar-refractivity contribution is 5.78. The second-order valence-corrected chi connectivity index (χ2v) is 3.75. The van der Waals surface area contributed by atoms with E-state index in [-0.39, 0.29) is 23.3 Å². The van der Waals surface area contributed by atoms with E-state index < -0.39 is 6.09 Å². The standard InChI is InChI=1S/C12H12N4O4/c1-2-20-12(17)14-13-7-9-8-15(18)10-5-3-4-6-11(10)16(9)19/h3-8H,2H2,1H3,(H,14,17)/b13-7+. The van der Waals surface area contributed by atoms with Crippen LogP contribution in [-0.2, 0) is 4.74 Å². The topological polar surface area (TPSA) is 105 Å². The Balaban J connectivity index is 2.29. The van der Waals surface area contributed by atoms with Gasteiger partial charge in [0, 0.05) is 12.1 Å². The molecular weight excluding hydrogens is 264 g/mol. The Hall–Kier alpha value is -2.90. The first-order valence-electron chi connectivity index (χ1n) is 5.83. The maximum Gasteiger partial charge on any atom is 0.427 e. The summed E-state index contributed by atoms with van der Waals surface area (Å²) in [7, 11) is 0. The van der Waals surface area contributed by atoms with E-state index in [9.17, 15) is 15.2 Å². The van der Waals surface area contributed by atoms with Gasteiger partial charge in [-0.2, -0.15) is 14.6 Å². The van der Waals surface area contributed by atoms with Crippen LogP contribution in [0.4, 0.5) is 4.79 Å². The maximum absolute atomic E-state index is 12.0. The van der Waals surface area contributed by atoms with E-state index in [1.165, 1.54) is 12.1 Å². The zero-order valence-electron chi connectivity index (χ0n) is 10.6. The first-order valence-corrected chi connectivity index (χ1v) is 5.83. The number of para-hydroxylation sites is 2. The number of rotatable bonds is 3. The Morgan fingerprint density at radius 1 is 1.40 bits per heavy atom. The lowest BCUT2D eigenvalue weighted by atomic mass is 10.3. The van der Waals surface area contributed by atoms with E-state index in [0.29, 0.717) is 9.46 Å². The third kappa shape index (κ3) is 2.74. The summed E-state index contributed by atoms with van der Waals surface area (Å²) in [6, 6.07) is 6.36. The molecule has 0 aliphatic carbocycles. The number of carbonyl (C=O) groups is 1. The monoisotopic (exact) mass is 276 g/mol. The number of hydrogen-bond acceptors (Lipinski definition) is 5. The van der Waals surface area contributed by atoms with Gasteiger partial charge in [0.15, 0.2) is 0 Å². The summed E-state index contributed by atoms with van der Waals surface area (Å²) in [6.45, 7) is 1.86. The van der Waals surface area contributed by atoms with Crippen molar-refractivity contribution in [2.45, 2.75) is 6.92 Å². The van der Waals surface area contributed by atoms with Gasteiger partial charge in [0.05, 0.1) is 6.61 Å². The van der Waals surface area contributed by atoms with E-state index in [2.05, 4.69) is 15.3 Å². The number of nitrogens with zero attached hydrogens (tertiary/aromatic N) is 3. The molecule has 2 aromatic rings. The van der Waals surface area contributed by atoms with Crippen LogP contribution in [0.3, 0.4) is 0 Å². The minimum absolute atomic E-state index is 0.00417. The largest absolute Gasteiger partial charge is 0.618 e. The molecule has 0 saturated heterocycles. The van der Waals surface area contributed by atoms with Crippen molar-refractivity contribution in [3.8, 4) is 0 Å². The van der Waals surface area contributed by atoms with Crippen LogP contribution in [0.25, 0.3) is 11.0 Å². The summed E-state index contributed by atoms with van der Waals surface area (Å²) in [6.07, 6.45) is 1.41. The minimum Gasteiger partial charge on any atom is -0.618 e. The molecule has 0 unspecified atom stereocenters. The average molecular weight is 276 g/mol. The smallest absolute Gasteiger partial charge is 0.427 e. The van der Waals surface area contributed by atoms with Crippen molar-refractivity contribution in [3.63, 3.8) is 0 Å². The fraction of sp³-hybridized carbons (Fsp3) is 0.167. The second-order valence-electron chi connectivity index (χ2n) is 3.75. The molecular formula is C12H12N4O4. The summed E-state index contributed by atoms with van der Waals surface area (Å²) < 4.78 is 5.71. The number of hydrazone groups is 1. The Labute approximate surface area is 114 Å². The lowest BCUT2D eigenvalue weighted by molar-refractivity contribution is -0.629. The summed E-state index contributed by atoms with van der Waals surface area (Å²) >= 11 is 0. The van der Waals surface area contributed by atoms with Crippen LogP contribution < -0.4 is 14.9 Å². The highest BCUT2D eigenvalue weighted by Crippen LogP contribution is 2.04. The van der Waals surface area contributed by atoms with Gasteiger partial charge in [-0.15, -0.1) is 0 Å². The van der Waals surface area contributed by atoms with Crippen molar-refractivity contribution in [3.05, 3.63) is 46.6 Å². The molecule has 0 radical (unpaired) electrons. The first kappa shape index (κ1) is 13.5. The van der Waals surface area contributed by atoms with Gasteiger partial charge in [0.1, 0.15) is 6.21 Å². The van der Waals surface area contributed by atoms with E-state index >= 15 is 0 Å². The molecule has 20 heavy (non-hydrogen) atoms. The van der Waals surface area contributed by atoms with Crippen molar-refractivity contribution < 1.29 is 19.0 Å². The average Bonchev–Trinajstić information content (AvgIpc) is 2.44. The summed E-state index contributed by atoms with van der Waals surface area (Å²) in [5.41, 5.74) is 2.53. The number of amides is 1. The molecule has 0 spiro atoms. The van der Waals surface area contributed by atoms with Gasteiger partial charge in [-0.05, 0) is 6.92 Å². The molecule has 2 rings (SSSR count). The van der Waals surface area contributed by atoms with Gasteiger partial charge in [-0.1, -0.05) is 12.1 Å². The van der Waals surface area contributed by atoms with Crippen molar-refractivity contribution in [2.75, 3.05) is 6.61 Å². The van der Waals surface area contributed by atoms with E-state index in [1.807, 2.05) is 0 Å². The molecule has 0 aliphatic heterocycles. The van der Waals surface area contributed by atoms with Gasteiger partial charge in [-0.3, -0.25) is 0 Å². The van der Waals surface area contributed by atoms with Crippen molar-refractivity contribution >= 4 is 23.3 Å². The summed E-state index contributed by atoms with van der Waals surface area (Å²) in [5, 5.41) is 27.3. The van der Waals surface area contributed by atoms with Crippen molar-refractivity contribution in [2.24, 2.45) is 5.10 Å². The Bertz CT molecular complexity index is 672. The Morgan fingerprint density at radius 3 is 2.80 bits per heavy atom. The fourth-order valence-corrected chi connectivity index (χ4v) is 1.60. The number of carbonyl (C=O) groups excluding carboxylic acids is 1. The third-order valence-electron chi connectivity index (χ3n) is 2.45. The number of benzene rings is 1. The molecule has 1 heterocycles. The molecule has 0 bridgehead atoms. The third-order valence-corrected chi connectivity index (χ3v) is 2.45. The molecule has 104 valence electrons. The van der Waals surface area contributed by atoms with Gasteiger partial charge < -0.3 is 15.2 Å². The Kier molecular flexibility index (Phi) is 3.94. The van der Waals surface area contributed by atoms with Crippen LogP contribution in [0.5, 0.6) is 0 Å². The minimum atomic E-state index is -0.739. The molecule has 1 N–H and O–H groups in total. The molecule has 0 atom stereocenters. The van der Waals surface area contributed by atoms with Crippen molar-refractivity contribution in [1.29, 1.82) is 0 Å². The second kappa shape index (κ2) is 5.83. The maximum atomic E-state index is 12.0. The number of nitrogens with one attached hydrogen (secondary N) is 1. The highest BCUT2D eigenvalue weighted by Gasteiger charge is 2.17. The first-order chi connectivity index (χ1) is 9.63. The molecule has 1 amide bonds. The van der Waals surface area contributed by atoms with Gasteiger partial charge in [-0.25, -0.2) is 10.2 Å². The molecule has 8 nitrogen and oxygen atoms in total. The Morgan fingerprint density at radius 2 is 2.10 bits per heavy atom. The predicted molar refractivity (Wildman–Crippen MR) is 69.6 cm³/mol. The summed E-state index contributed by atoms with van der Waals surface area (Å²) in [5.74, 6) is 0. The van der Waals surface area contributed by atoms with Crippen LogP contribution in [0.1, 0.15) is 12.6 Å². The predicted octanol–water partition coefficient (Wildman–Crippen LogP) is 0.187. The molecule has 0 aliphatic rings. The molecule has 1 aromatic heterocycles. The molecule has 0 fully saturated rings. The van der Waals surface area contributed by atoms with Crippen molar-refractivity contribution in [1.82, 2.24) is 5.43 Å². The lowest BCUT2D eigenvalue weighted by Gasteiger charge is -2.05. The number of aromatic nitrogens is 2. The number of fused-ring (bicyclic) bond motifs is 1. The van der Waals surface area contributed by atoms with Crippen LogP contribution in [0.15, 0.2) is 35.6 Å². The van der Waals surface area contributed by atoms with Crippen LogP contribution in [0.2, 0.25) is 0 Å². The molecule has 8 heteroatoms. The van der Waals surface area contributed by atoms with Gasteiger partial charge in [0.25, 0.3) is 17.2 Å².